The Morgan fingerprint density at radius 1 is 1.20 bits per heavy atom. The fourth-order valence-corrected chi connectivity index (χ4v) is 4.42. The molecule has 0 atom stereocenters. The molecule has 7 heteroatoms. The van der Waals surface area contributed by atoms with Gasteiger partial charge in [-0.2, -0.15) is 0 Å². The minimum Gasteiger partial charge on any atom is -0.353 e. The maximum absolute atomic E-state index is 12.4. The van der Waals surface area contributed by atoms with Crippen molar-refractivity contribution in [1.82, 2.24) is 10.2 Å². The first-order valence-electron chi connectivity index (χ1n) is 8.54. The highest BCUT2D eigenvalue weighted by Gasteiger charge is 2.23. The predicted octanol–water partition coefficient (Wildman–Crippen LogP) is 3.70. The predicted molar refractivity (Wildman–Crippen MR) is 108 cm³/mol. The van der Waals surface area contributed by atoms with Gasteiger partial charge in [0.15, 0.2) is 0 Å². The van der Waals surface area contributed by atoms with E-state index < -0.39 is 0 Å². The number of hydrogen-bond acceptors (Lipinski definition) is 3. The van der Waals surface area contributed by atoms with Crippen LogP contribution in [0.2, 0.25) is 0 Å². The number of carbonyl (C=O) groups is 2. The summed E-state index contributed by atoms with van der Waals surface area (Å²) in [6.45, 7) is 7.78. The number of carbonyl (C=O) groups excluding carboxylic acids is 2. The van der Waals surface area contributed by atoms with E-state index >= 15 is 0 Å². The first kappa shape index (κ1) is 20.4. The van der Waals surface area contributed by atoms with Crippen molar-refractivity contribution < 1.29 is 9.59 Å². The topological polar surface area (TPSA) is 61.4 Å². The van der Waals surface area contributed by atoms with Crippen molar-refractivity contribution >= 4 is 49.4 Å². The van der Waals surface area contributed by atoms with Crippen LogP contribution in [0.3, 0.4) is 0 Å². The molecule has 2 amide bonds. The SMILES string of the molecule is Cc1cc(Br)c(NC(=O)CN2CCC(NC(=O)C(C)C)CC2)c(Br)c1. The van der Waals surface area contributed by atoms with E-state index in [0.717, 1.165) is 46.1 Å². The Morgan fingerprint density at radius 3 is 2.28 bits per heavy atom. The van der Waals surface area contributed by atoms with E-state index in [1.165, 1.54) is 0 Å². The van der Waals surface area contributed by atoms with E-state index in [0.29, 0.717) is 6.54 Å². The van der Waals surface area contributed by atoms with Crippen LogP contribution in [0.25, 0.3) is 0 Å². The number of halogens is 2. The fraction of sp³-hybridized carbons (Fsp3) is 0.556. The van der Waals surface area contributed by atoms with Gasteiger partial charge in [0.05, 0.1) is 12.2 Å². The molecule has 0 saturated carbocycles. The van der Waals surface area contributed by atoms with Crippen molar-refractivity contribution in [2.24, 2.45) is 5.92 Å². The van der Waals surface area contributed by atoms with Gasteiger partial charge in [0.2, 0.25) is 11.8 Å². The zero-order chi connectivity index (χ0) is 18.6. The van der Waals surface area contributed by atoms with Gasteiger partial charge in [0.25, 0.3) is 0 Å². The molecule has 1 aliphatic rings. The van der Waals surface area contributed by atoms with Crippen molar-refractivity contribution in [3.63, 3.8) is 0 Å². The normalized spacial score (nSPS) is 16.1. The van der Waals surface area contributed by atoms with Crippen LogP contribution in [0.4, 0.5) is 5.69 Å². The van der Waals surface area contributed by atoms with Gasteiger partial charge in [-0.3, -0.25) is 14.5 Å². The van der Waals surface area contributed by atoms with E-state index in [9.17, 15) is 9.59 Å². The molecule has 138 valence electrons. The number of rotatable bonds is 5. The largest absolute Gasteiger partial charge is 0.353 e. The number of aryl methyl sites for hydroxylation is 1. The molecule has 0 aliphatic carbocycles. The van der Waals surface area contributed by atoms with Crippen molar-refractivity contribution in [3.8, 4) is 0 Å². The molecule has 2 N–H and O–H groups in total. The lowest BCUT2D eigenvalue weighted by Crippen LogP contribution is -2.47. The second kappa shape index (κ2) is 9.14. The monoisotopic (exact) mass is 473 g/mol. The van der Waals surface area contributed by atoms with Crippen LogP contribution in [0.15, 0.2) is 21.1 Å². The molecule has 0 bridgehead atoms. The lowest BCUT2D eigenvalue weighted by molar-refractivity contribution is -0.125. The molecule has 2 rings (SSSR count). The van der Waals surface area contributed by atoms with Gasteiger partial charge < -0.3 is 10.6 Å². The van der Waals surface area contributed by atoms with Crippen molar-refractivity contribution in [1.29, 1.82) is 0 Å². The Labute approximate surface area is 166 Å². The summed E-state index contributed by atoms with van der Waals surface area (Å²) in [4.78, 5) is 26.2. The van der Waals surface area contributed by atoms with Crippen LogP contribution in [0, 0.1) is 12.8 Å². The van der Waals surface area contributed by atoms with Gasteiger partial charge in [-0.05, 0) is 69.3 Å². The number of likely N-dealkylation sites (tertiary alicyclic amines) is 1. The molecule has 0 aromatic heterocycles. The zero-order valence-electron chi connectivity index (χ0n) is 14.9. The summed E-state index contributed by atoms with van der Waals surface area (Å²) in [6.07, 6.45) is 1.76. The zero-order valence-corrected chi connectivity index (χ0v) is 18.0. The standard InChI is InChI=1S/C18H25Br2N3O2/c1-11(2)18(25)21-13-4-6-23(7-5-13)10-16(24)22-17-14(19)8-12(3)9-15(17)20/h8-9,11,13H,4-7,10H2,1-3H3,(H,21,25)(H,22,24). The molecule has 5 nitrogen and oxygen atoms in total. The maximum atomic E-state index is 12.4. The Kier molecular flexibility index (Phi) is 7.46. The van der Waals surface area contributed by atoms with Gasteiger partial charge in [-0.15, -0.1) is 0 Å². The third-order valence-corrected chi connectivity index (χ3v) is 5.53. The van der Waals surface area contributed by atoms with Gasteiger partial charge in [0.1, 0.15) is 0 Å². The van der Waals surface area contributed by atoms with Crippen molar-refractivity contribution in [2.75, 3.05) is 25.0 Å². The van der Waals surface area contributed by atoms with Gasteiger partial charge in [-0.1, -0.05) is 13.8 Å². The highest BCUT2D eigenvalue weighted by atomic mass is 79.9. The van der Waals surface area contributed by atoms with E-state index in [-0.39, 0.29) is 23.8 Å². The molecule has 1 fully saturated rings. The molecular weight excluding hydrogens is 450 g/mol. The Hall–Kier alpha value is -0.920. The summed E-state index contributed by atoms with van der Waals surface area (Å²) in [6, 6.07) is 4.17. The number of amides is 2. The van der Waals surface area contributed by atoms with Gasteiger partial charge in [0, 0.05) is 34.0 Å². The maximum Gasteiger partial charge on any atom is 0.238 e. The molecular formula is C18H25Br2N3O2. The molecule has 0 radical (unpaired) electrons. The fourth-order valence-electron chi connectivity index (χ4n) is 2.80. The highest BCUT2D eigenvalue weighted by Crippen LogP contribution is 2.32. The summed E-state index contributed by atoms with van der Waals surface area (Å²) >= 11 is 6.99. The summed E-state index contributed by atoms with van der Waals surface area (Å²) in [7, 11) is 0. The molecule has 0 unspecified atom stereocenters. The lowest BCUT2D eigenvalue weighted by Gasteiger charge is -2.32. The third kappa shape index (κ3) is 6.08. The number of hydrogen-bond donors (Lipinski definition) is 2. The number of benzene rings is 1. The summed E-state index contributed by atoms with van der Waals surface area (Å²) in [5, 5.41) is 6.04. The average Bonchev–Trinajstić information content (AvgIpc) is 2.52. The second-order valence-corrected chi connectivity index (χ2v) is 8.57. The number of piperidine rings is 1. The summed E-state index contributed by atoms with van der Waals surface area (Å²) in [5.74, 6) is 0.0791. The molecule has 1 aliphatic heterocycles. The smallest absolute Gasteiger partial charge is 0.238 e. The van der Waals surface area contributed by atoms with E-state index in [1.54, 1.807) is 0 Å². The van der Waals surface area contributed by atoms with Crippen LogP contribution in [0.1, 0.15) is 32.3 Å². The first-order valence-corrected chi connectivity index (χ1v) is 10.1. The molecule has 1 saturated heterocycles. The van der Waals surface area contributed by atoms with E-state index in [1.807, 2.05) is 32.9 Å². The summed E-state index contributed by atoms with van der Waals surface area (Å²) < 4.78 is 1.73. The quantitative estimate of drug-likeness (QED) is 0.683. The van der Waals surface area contributed by atoms with E-state index in [4.69, 9.17) is 0 Å². The Morgan fingerprint density at radius 2 is 1.76 bits per heavy atom. The van der Waals surface area contributed by atoms with Crippen molar-refractivity contribution in [3.05, 3.63) is 26.6 Å². The third-order valence-electron chi connectivity index (χ3n) is 4.28. The average molecular weight is 475 g/mol. The van der Waals surface area contributed by atoms with Crippen LogP contribution < -0.4 is 10.6 Å². The Balaban J connectivity index is 1.82. The minimum atomic E-state index is -0.0325. The van der Waals surface area contributed by atoms with Crippen LogP contribution in [-0.4, -0.2) is 42.4 Å². The highest BCUT2D eigenvalue weighted by molar-refractivity contribution is 9.11. The van der Waals surface area contributed by atoms with Crippen LogP contribution >= 0.6 is 31.9 Å². The van der Waals surface area contributed by atoms with E-state index in [2.05, 4.69) is 47.4 Å². The molecule has 1 heterocycles. The lowest BCUT2D eigenvalue weighted by atomic mass is 10.0. The number of anilines is 1. The first-order chi connectivity index (χ1) is 11.8. The molecule has 0 spiro atoms. The van der Waals surface area contributed by atoms with Gasteiger partial charge in [-0.25, -0.2) is 0 Å². The van der Waals surface area contributed by atoms with Crippen LogP contribution in [-0.2, 0) is 9.59 Å². The number of nitrogens with one attached hydrogen (secondary N) is 2. The minimum absolute atomic E-state index is 0.00945. The molecule has 1 aromatic carbocycles. The molecule has 1 aromatic rings. The van der Waals surface area contributed by atoms with Crippen molar-refractivity contribution in [2.45, 2.75) is 39.7 Å². The van der Waals surface area contributed by atoms with Crippen LogP contribution in [0.5, 0.6) is 0 Å². The molecule has 25 heavy (non-hydrogen) atoms. The second-order valence-electron chi connectivity index (χ2n) is 6.87. The van der Waals surface area contributed by atoms with Gasteiger partial charge >= 0.3 is 0 Å². The number of nitrogens with zero attached hydrogens (tertiary/aromatic N) is 1. The Bertz CT molecular complexity index is 618. The summed E-state index contributed by atoms with van der Waals surface area (Å²) in [5.41, 5.74) is 1.87.